The molecule has 5 nitrogen and oxygen atoms in total. The second-order valence-corrected chi connectivity index (χ2v) is 5.85. The van der Waals surface area contributed by atoms with Gasteiger partial charge in [0.05, 0.1) is 23.2 Å². The van der Waals surface area contributed by atoms with E-state index in [1.807, 2.05) is 25.1 Å². The molecule has 0 radical (unpaired) electrons. The summed E-state index contributed by atoms with van der Waals surface area (Å²) in [5, 5.41) is 11.7. The Morgan fingerprint density at radius 3 is 3.16 bits per heavy atom. The van der Waals surface area contributed by atoms with Crippen LogP contribution in [0.1, 0.15) is 6.92 Å². The van der Waals surface area contributed by atoms with Crippen molar-refractivity contribution in [3.8, 4) is 0 Å². The van der Waals surface area contributed by atoms with Crippen LogP contribution in [0.3, 0.4) is 0 Å². The minimum atomic E-state index is -0.0596. The molecule has 1 aromatic heterocycles. The van der Waals surface area contributed by atoms with Crippen LogP contribution in [0, 0.1) is 5.92 Å². The first-order valence-corrected chi connectivity index (χ1v) is 7.79. The first kappa shape index (κ1) is 14.2. The number of aliphatic hydroxyl groups is 1. The van der Waals surface area contributed by atoms with E-state index >= 15 is 0 Å². The van der Waals surface area contributed by atoms with E-state index in [0.717, 1.165) is 28.5 Å². The van der Waals surface area contributed by atoms with Crippen LogP contribution < -0.4 is 5.32 Å². The Bertz CT molecular complexity index is 559. The molecule has 1 aromatic carbocycles. The predicted octanol–water partition coefficient (Wildman–Crippen LogP) is 1.99. The molecule has 0 fully saturated rings. The first-order chi connectivity index (χ1) is 9.20. The lowest BCUT2D eigenvalue weighted by Gasteiger charge is -2.08. The molecule has 2 aromatic rings. The molecule has 1 unspecified atom stereocenters. The van der Waals surface area contributed by atoms with Crippen molar-refractivity contribution in [2.45, 2.75) is 6.92 Å². The Kier molecular flexibility index (Phi) is 5.12. The molecule has 2 rings (SSSR count). The van der Waals surface area contributed by atoms with Gasteiger partial charge in [0, 0.05) is 6.61 Å². The van der Waals surface area contributed by atoms with E-state index < -0.39 is 0 Å². The minimum absolute atomic E-state index is 0.0596. The van der Waals surface area contributed by atoms with Crippen molar-refractivity contribution in [2.75, 3.05) is 23.4 Å². The number of carbonyl (C=O) groups excluding carboxylic acids is 1. The van der Waals surface area contributed by atoms with E-state index in [2.05, 4.69) is 14.1 Å². The summed E-state index contributed by atoms with van der Waals surface area (Å²) in [4.78, 5) is 11.8. The Hall–Kier alpha value is -1.18. The van der Waals surface area contributed by atoms with Gasteiger partial charge in [0.2, 0.25) is 5.91 Å². The number of benzene rings is 1. The third-order valence-electron chi connectivity index (χ3n) is 2.51. The number of anilines is 1. The highest BCUT2D eigenvalue weighted by molar-refractivity contribution is 7.99. The molecule has 1 heterocycles. The predicted molar refractivity (Wildman–Crippen MR) is 79.6 cm³/mol. The third kappa shape index (κ3) is 3.89. The van der Waals surface area contributed by atoms with E-state index in [-0.39, 0.29) is 18.4 Å². The van der Waals surface area contributed by atoms with Crippen LogP contribution in [0.4, 0.5) is 5.69 Å². The van der Waals surface area contributed by atoms with Gasteiger partial charge in [0.15, 0.2) is 0 Å². The molecule has 7 heteroatoms. The normalized spacial score (nSPS) is 12.5. The Balaban J connectivity index is 1.90. The summed E-state index contributed by atoms with van der Waals surface area (Å²) in [6.07, 6.45) is 0. The fraction of sp³-hybridized carbons (Fsp3) is 0.417. The molecular formula is C12H15N3O2S2. The standard InChI is InChI=1S/C12H15N3O2S2/c1-8(5-16)6-18-7-11(17)13-9-3-2-4-10-12(9)15-19-14-10/h2-4,8,16H,5-7H2,1H3,(H,13,17). The molecule has 102 valence electrons. The van der Waals surface area contributed by atoms with Gasteiger partial charge in [-0.15, -0.1) is 0 Å². The van der Waals surface area contributed by atoms with E-state index in [0.29, 0.717) is 11.4 Å². The second-order valence-electron chi connectivity index (χ2n) is 4.29. The fourth-order valence-corrected chi connectivity index (χ4v) is 2.93. The maximum absolute atomic E-state index is 11.8. The molecule has 1 amide bonds. The molecule has 19 heavy (non-hydrogen) atoms. The molecule has 0 spiro atoms. The van der Waals surface area contributed by atoms with Crippen LogP contribution >= 0.6 is 23.5 Å². The average Bonchev–Trinajstić information content (AvgIpc) is 2.88. The third-order valence-corrected chi connectivity index (χ3v) is 4.32. The van der Waals surface area contributed by atoms with Gasteiger partial charge in [0.25, 0.3) is 0 Å². The Labute approximate surface area is 119 Å². The number of nitrogens with one attached hydrogen (secondary N) is 1. The molecule has 1 atom stereocenters. The zero-order valence-electron chi connectivity index (χ0n) is 10.5. The summed E-state index contributed by atoms with van der Waals surface area (Å²) in [7, 11) is 0. The molecule has 0 aliphatic heterocycles. The van der Waals surface area contributed by atoms with Gasteiger partial charge in [-0.05, 0) is 23.8 Å². The zero-order chi connectivity index (χ0) is 13.7. The van der Waals surface area contributed by atoms with Crippen LogP contribution in [0.2, 0.25) is 0 Å². The van der Waals surface area contributed by atoms with Crippen LogP contribution in [0.25, 0.3) is 11.0 Å². The summed E-state index contributed by atoms with van der Waals surface area (Å²) in [5.41, 5.74) is 2.23. The maximum Gasteiger partial charge on any atom is 0.234 e. The Morgan fingerprint density at radius 1 is 1.53 bits per heavy atom. The smallest absolute Gasteiger partial charge is 0.234 e. The van der Waals surface area contributed by atoms with Crippen molar-refractivity contribution < 1.29 is 9.90 Å². The molecule has 0 saturated carbocycles. The number of thioether (sulfide) groups is 1. The van der Waals surface area contributed by atoms with Crippen molar-refractivity contribution in [1.82, 2.24) is 8.75 Å². The van der Waals surface area contributed by atoms with E-state index in [1.54, 1.807) is 0 Å². The minimum Gasteiger partial charge on any atom is -0.396 e. The number of aromatic nitrogens is 2. The van der Waals surface area contributed by atoms with E-state index in [9.17, 15) is 4.79 Å². The molecule has 2 N–H and O–H groups in total. The van der Waals surface area contributed by atoms with Crippen LogP contribution in [-0.2, 0) is 4.79 Å². The van der Waals surface area contributed by atoms with Gasteiger partial charge in [-0.1, -0.05) is 13.0 Å². The SMILES string of the molecule is CC(CO)CSCC(=O)Nc1cccc2nsnc12. The highest BCUT2D eigenvalue weighted by atomic mass is 32.2. The topological polar surface area (TPSA) is 75.1 Å². The summed E-state index contributed by atoms with van der Waals surface area (Å²) < 4.78 is 8.30. The monoisotopic (exact) mass is 297 g/mol. The summed E-state index contributed by atoms with van der Waals surface area (Å²) in [6.45, 7) is 2.10. The number of aliphatic hydroxyl groups excluding tert-OH is 1. The summed E-state index contributed by atoms with van der Waals surface area (Å²) in [5.74, 6) is 1.30. The van der Waals surface area contributed by atoms with Gasteiger partial charge in [0.1, 0.15) is 11.0 Å². The van der Waals surface area contributed by atoms with Crippen molar-refractivity contribution in [3.63, 3.8) is 0 Å². The number of hydrogen-bond acceptors (Lipinski definition) is 6. The zero-order valence-corrected chi connectivity index (χ0v) is 12.1. The van der Waals surface area contributed by atoms with Crippen molar-refractivity contribution in [3.05, 3.63) is 18.2 Å². The van der Waals surface area contributed by atoms with Crippen LogP contribution in [-0.4, -0.2) is 37.9 Å². The largest absolute Gasteiger partial charge is 0.396 e. The summed E-state index contributed by atoms with van der Waals surface area (Å²) >= 11 is 2.65. The lowest BCUT2D eigenvalue weighted by Crippen LogP contribution is -2.16. The quantitative estimate of drug-likeness (QED) is 0.853. The number of rotatable bonds is 6. The number of fused-ring (bicyclic) bond motifs is 1. The lowest BCUT2D eigenvalue weighted by molar-refractivity contribution is -0.113. The average molecular weight is 297 g/mol. The molecule has 0 aliphatic carbocycles. The molecule has 0 bridgehead atoms. The van der Waals surface area contributed by atoms with E-state index in [4.69, 9.17) is 5.11 Å². The van der Waals surface area contributed by atoms with Gasteiger partial charge < -0.3 is 10.4 Å². The number of carbonyl (C=O) groups is 1. The van der Waals surface area contributed by atoms with Gasteiger partial charge >= 0.3 is 0 Å². The van der Waals surface area contributed by atoms with Crippen molar-refractivity contribution in [2.24, 2.45) is 5.92 Å². The van der Waals surface area contributed by atoms with Crippen LogP contribution in [0.5, 0.6) is 0 Å². The first-order valence-electron chi connectivity index (χ1n) is 5.90. The van der Waals surface area contributed by atoms with Crippen LogP contribution in [0.15, 0.2) is 18.2 Å². The number of amides is 1. The second kappa shape index (κ2) is 6.83. The molecular weight excluding hydrogens is 282 g/mol. The van der Waals surface area contributed by atoms with Crippen molar-refractivity contribution >= 4 is 46.1 Å². The number of nitrogens with zero attached hydrogens (tertiary/aromatic N) is 2. The maximum atomic E-state index is 11.8. The summed E-state index contributed by atoms with van der Waals surface area (Å²) in [6, 6.07) is 5.54. The fourth-order valence-electron chi connectivity index (χ4n) is 1.50. The van der Waals surface area contributed by atoms with Gasteiger partial charge in [-0.25, -0.2) is 0 Å². The number of hydrogen-bond donors (Lipinski definition) is 2. The molecule has 0 saturated heterocycles. The lowest BCUT2D eigenvalue weighted by atomic mass is 10.2. The highest BCUT2D eigenvalue weighted by Crippen LogP contribution is 2.21. The van der Waals surface area contributed by atoms with E-state index in [1.165, 1.54) is 11.8 Å². The Morgan fingerprint density at radius 2 is 2.37 bits per heavy atom. The van der Waals surface area contributed by atoms with Gasteiger partial charge in [-0.3, -0.25) is 4.79 Å². The van der Waals surface area contributed by atoms with Crippen molar-refractivity contribution in [1.29, 1.82) is 0 Å². The molecule has 0 aliphatic rings. The highest BCUT2D eigenvalue weighted by Gasteiger charge is 2.09. The van der Waals surface area contributed by atoms with Gasteiger partial charge in [-0.2, -0.15) is 20.5 Å².